The van der Waals surface area contributed by atoms with Crippen molar-refractivity contribution in [2.24, 2.45) is 0 Å². The summed E-state index contributed by atoms with van der Waals surface area (Å²) < 4.78 is 5.45. The fraction of sp³-hybridized carbons (Fsp3) is 0.154. The van der Waals surface area contributed by atoms with Gasteiger partial charge in [0.2, 0.25) is 0 Å². The fourth-order valence-corrected chi connectivity index (χ4v) is 3.88. The summed E-state index contributed by atoms with van der Waals surface area (Å²) in [6, 6.07) is 23.2. The molecule has 3 heteroatoms. The summed E-state index contributed by atoms with van der Waals surface area (Å²) in [6.45, 7) is 6.76. The van der Waals surface area contributed by atoms with Crippen molar-refractivity contribution in [1.29, 1.82) is 0 Å². The van der Waals surface area contributed by atoms with Gasteiger partial charge in [-0.25, -0.2) is 9.97 Å². The lowest BCUT2D eigenvalue weighted by Gasteiger charge is -2.22. The molecule has 3 aromatic carbocycles. The van der Waals surface area contributed by atoms with Gasteiger partial charge in [-0.15, -0.1) is 0 Å². The number of aromatic nitrogens is 2. The molecule has 0 bridgehead atoms. The highest BCUT2D eigenvalue weighted by atomic mass is 16.3. The van der Waals surface area contributed by atoms with Gasteiger partial charge >= 0.3 is 0 Å². The van der Waals surface area contributed by atoms with Crippen LogP contribution in [0, 0.1) is 0 Å². The fourth-order valence-electron chi connectivity index (χ4n) is 3.88. The summed E-state index contributed by atoms with van der Waals surface area (Å²) in [4.78, 5) is 9.11. The molecule has 2 heterocycles. The van der Waals surface area contributed by atoms with Gasteiger partial charge in [0.25, 0.3) is 0 Å². The van der Waals surface area contributed by atoms with E-state index in [2.05, 4.69) is 79.3 Å². The lowest BCUT2D eigenvalue weighted by atomic mass is 9.82. The molecule has 5 aromatic rings. The zero-order chi connectivity index (χ0) is 20.0. The van der Waals surface area contributed by atoms with Crippen molar-refractivity contribution < 1.29 is 4.42 Å². The first-order chi connectivity index (χ1) is 14.0. The Bertz CT molecular complexity index is 1340. The smallest absolute Gasteiger partial charge is 0.133 e. The van der Waals surface area contributed by atoms with Crippen LogP contribution < -0.4 is 0 Å². The lowest BCUT2D eigenvalue weighted by molar-refractivity contribution is 0.596. The monoisotopic (exact) mass is 378 g/mol. The van der Waals surface area contributed by atoms with Crippen LogP contribution in [-0.4, -0.2) is 9.97 Å². The second-order valence-corrected chi connectivity index (χ2v) is 8.46. The molecular weight excluding hydrogens is 356 g/mol. The predicted molar refractivity (Wildman–Crippen MR) is 119 cm³/mol. The molecule has 0 amide bonds. The Balaban J connectivity index is 1.66. The van der Waals surface area contributed by atoms with E-state index in [1.54, 1.807) is 12.6 Å². The maximum absolute atomic E-state index is 5.45. The average Bonchev–Trinajstić information content (AvgIpc) is 3.20. The van der Waals surface area contributed by atoms with E-state index in [9.17, 15) is 0 Å². The van der Waals surface area contributed by atoms with Crippen molar-refractivity contribution in [1.82, 2.24) is 9.97 Å². The van der Waals surface area contributed by atoms with E-state index in [1.165, 1.54) is 16.3 Å². The van der Waals surface area contributed by atoms with E-state index >= 15 is 0 Å². The minimum Gasteiger partial charge on any atom is -0.464 e. The van der Waals surface area contributed by atoms with Crippen molar-refractivity contribution in [3.63, 3.8) is 0 Å². The van der Waals surface area contributed by atoms with Crippen molar-refractivity contribution in [3.8, 4) is 22.5 Å². The van der Waals surface area contributed by atoms with Crippen LogP contribution in [0.5, 0.6) is 0 Å². The molecule has 3 nitrogen and oxygen atoms in total. The molecule has 0 saturated heterocycles. The van der Waals surface area contributed by atoms with Gasteiger partial charge < -0.3 is 4.42 Å². The predicted octanol–water partition coefficient (Wildman–Crippen LogP) is 7.01. The van der Waals surface area contributed by atoms with Gasteiger partial charge in [0, 0.05) is 16.5 Å². The summed E-state index contributed by atoms with van der Waals surface area (Å²) in [5.41, 5.74) is 6.25. The third kappa shape index (κ3) is 3.19. The van der Waals surface area contributed by atoms with E-state index in [4.69, 9.17) is 4.42 Å². The Hall–Kier alpha value is -3.46. The maximum atomic E-state index is 5.45. The Labute approximate surface area is 170 Å². The SMILES string of the molecule is CC(C)(C)c1cc(-c2cc(-c3ccc4occc4c3)ncn2)cc2ccccc12. The minimum atomic E-state index is 0.0395. The normalized spacial score (nSPS) is 12.0. The first-order valence-corrected chi connectivity index (χ1v) is 9.82. The summed E-state index contributed by atoms with van der Waals surface area (Å²) >= 11 is 0. The largest absolute Gasteiger partial charge is 0.464 e. The molecule has 0 radical (unpaired) electrons. The highest BCUT2D eigenvalue weighted by molar-refractivity contribution is 5.91. The number of hydrogen-bond donors (Lipinski definition) is 0. The van der Waals surface area contributed by atoms with Crippen molar-refractivity contribution >= 4 is 21.7 Å². The van der Waals surface area contributed by atoms with Crippen LogP contribution in [0.25, 0.3) is 44.3 Å². The molecule has 2 aromatic heterocycles. The van der Waals surface area contributed by atoms with Gasteiger partial charge in [0.1, 0.15) is 11.9 Å². The molecule has 0 saturated carbocycles. The van der Waals surface area contributed by atoms with Gasteiger partial charge in [0.15, 0.2) is 0 Å². The Morgan fingerprint density at radius 3 is 2.31 bits per heavy atom. The molecule has 0 aliphatic rings. The van der Waals surface area contributed by atoms with Gasteiger partial charge in [-0.1, -0.05) is 45.0 Å². The molecule has 0 unspecified atom stereocenters. The number of hydrogen-bond acceptors (Lipinski definition) is 3. The number of nitrogens with zero attached hydrogens (tertiary/aromatic N) is 2. The second-order valence-electron chi connectivity index (χ2n) is 8.46. The second kappa shape index (κ2) is 6.56. The molecule has 0 spiro atoms. The first kappa shape index (κ1) is 17.6. The maximum Gasteiger partial charge on any atom is 0.133 e. The third-order valence-electron chi connectivity index (χ3n) is 5.38. The summed E-state index contributed by atoms with van der Waals surface area (Å²) in [7, 11) is 0. The highest BCUT2D eigenvalue weighted by Gasteiger charge is 2.18. The first-order valence-electron chi connectivity index (χ1n) is 9.82. The molecule has 0 atom stereocenters. The zero-order valence-corrected chi connectivity index (χ0v) is 16.8. The molecule has 29 heavy (non-hydrogen) atoms. The standard InChI is InChI=1S/C26H22N2O/c1-26(2,3)22-14-20(12-17-6-4-5-7-21(17)22)24-15-23(27-16-28-24)18-8-9-25-19(13-18)10-11-29-25/h4-16H,1-3H3. The zero-order valence-electron chi connectivity index (χ0n) is 16.8. The van der Waals surface area contributed by atoms with E-state index in [1.807, 2.05) is 18.2 Å². The number of rotatable bonds is 2. The van der Waals surface area contributed by atoms with Gasteiger partial charge in [-0.3, -0.25) is 0 Å². The van der Waals surface area contributed by atoms with Crippen LogP contribution in [0.2, 0.25) is 0 Å². The summed E-state index contributed by atoms with van der Waals surface area (Å²) in [5.74, 6) is 0. The van der Waals surface area contributed by atoms with Gasteiger partial charge in [0.05, 0.1) is 17.7 Å². The molecule has 0 aliphatic carbocycles. The van der Waals surface area contributed by atoms with Crippen LogP contribution in [0.4, 0.5) is 0 Å². The average molecular weight is 378 g/mol. The van der Waals surface area contributed by atoms with Crippen molar-refractivity contribution in [3.05, 3.63) is 84.9 Å². The molecule has 0 aliphatic heterocycles. The van der Waals surface area contributed by atoms with Crippen molar-refractivity contribution in [2.45, 2.75) is 26.2 Å². The molecular formula is C26H22N2O. The number of furan rings is 1. The van der Waals surface area contributed by atoms with Gasteiger partial charge in [-0.05, 0) is 64.2 Å². The Morgan fingerprint density at radius 2 is 1.48 bits per heavy atom. The Morgan fingerprint density at radius 1 is 0.724 bits per heavy atom. The van der Waals surface area contributed by atoms with Crippen LogP contribution >= 0.6 is 0 Å². The van der Waals surface area contributed by atoms with E-state index in [0.717, 1.165) is 33.5 Å². The van der Waals surface area contributed by atoms with E-state index < -0.39 is 0 Å². The Kier molecular flexibility index (Phi) is 3.99. The highest BCUT2D eigenvalue weighted by Crippen LogP contribution is 2.35. The molecule has 142 valence electrons. The van der Waals surface area contributed by atoms with E-state index in [-0.39, 0.29) is 5.41 Å². The summed E-state index contributed by atoms with van der Waals surface area (Å²) in [6.07, 6.45) is 3.36. The quantitative estimate of drug-likeness (QED) is 0.332. The van der Waals surface area contributed by atoms with Crippen LogP contribution in [0.3, 0.4) is 0 Å². The molecule has 0 fully saturated rings. The van der Waals surface area contributed by atoms with Crippen LogP contribution in [0.1, 0.15) is 26.3 Å². The molecule has 0 N–H and O–H groups in total. The third-order valence-corrected chi connectivity index (χ3v) is 5.38. The van der Waals surface area contributed by atoms with E-state index in [0.29, 0.717) is 0 Å². The summed E-state index contributed by atoms with van der Waals surface area (Å²) in [5, 5.41) is 3.60. The topological polar surface area (TPSA) is 38.9 Å². The molecule has 5 rings (SSSR count). The number of benzene rings is 3. The van der Waals surface area contributed by atoms with Crippen molar-refractivity contribution in [2.75, 3.05) is 0 Å². The lowest BCUT2D eigenvalue weighted by Crippen LogP contribution is -2.12. The number of fused-ring (bicyclic) bond motifs is 2. The van der Waals surface area contributed by atoms with Crippen LogP contribution in [0.15, 0.2) is 83.7 Å². The van der Waals surface area contributed by atoms with Gasteiger partial charge in [-0.2, -0.15) is 0 Å². The minimum absolute atomic E-state index is 0.0395. The van der Waals surface area contributed by atoms with Crippen LogP contribution in [-0.2, 0) is 5.41 Å².